The molecule has 0 heterocycles. The van der Waals surface area contributed by atoms with Crippen molar-refractivity contribution in [3.8, 4) is 11.5 Å². The summed E-state index contributed by atoms with van der Waals surface area (Å²) < 4.78 is 10.8. The molecular formula is C22H27ClN4O4. The Hall–Kier alpha value is -3.26. The lowest BCUT2D eigenvalue weighted by Gasteiger charge is -2.14. The SMILES string of the molecule is COc1cc(Cl)cc(C(=O)NCc2ccc(C(=N)N)cc2OCC(=O)NCC(C)C)c1. The van der Waals surface area contributed by atoms with Crippen molar-refractivity contribution in [1.82, 2.24) is 10.6 Å². The molecular weight excluding hydrogens is 420 g/mol. The molecule has 0 fully saturated rings. The highest BCUT2D eigenvalue weighted by Crippen LogP contribution is 2.23. The molecule has 2 aromatic rings. The van der Waals surface area contributed by atoms with Crippen molar-refractivity contribution in [2.24, 2.45) is 11.7 Å². The molecule has 0 spiro atoms. The molecule has 0 radical (unpaired) electrons. The second-order valence-electron chi connectivity index (χ2n) is 7.29. The summed E-state index contributed by atoms with van der Waals surface area (Å²) >= 11 is 6.03. The first-order chi connectivity index (χ1) is 14.7. The van der Waals surface area contributed by atoms with E-state index in [2.05, 4.69) is 10.6 Å². The van der Waals surface area contributed by atoms with Crippen LogP contribution in [0, 0.1) is 11.3 Å². The molecule has 0 saturated heterocycles. The Kier molecular flexibility index (Phi) is 8.69. The van der Waals surface area contributed by atoms with E-state index in [0.717, 1.165) is 0 Å². The third-order valence-electron chi connectivity index (χ3n) is 4.25. The Balaban J connectivity index is 2.12. The molecule has 0 aliphatic rings. The molecule has 0 aliphatic heterocycles. The minimum atomic E-state index is -0.350. The van der Waals surface area contributed by atoms with Crippen molar-refractivity contribution in [3.63, 3.8) is 0 Å². The van der Waals surface area contributed by atoms with Crippen molar-refractivity contribution >= 4 is 29.3 Å². The van der Waals surface area contributed by atoms with Crippen LogP contribution in [-0.4, -0.2) is 37.9 Å². The minimum Gasteiger partial charge on any atom is -0.497 e. The molecule has 0 aliphatic carbocycles. The van der Waals surface area contributed by atoms with Crippen LogP contribution in [0.4, 0.5) is 0 Å². The average molecular weight is 447 g/mol. The van der Waals surface area contributed by atoms with Crippen LogP contribution >= 0.6 is 11.6 Å². The number of benzene rings is 2. The fraction of sp³-hybridized carbons (Fsp3) is 0.318. The average Bonchev–Trinajstić information content (AvgIpc) is 2.74. The highest BCUT2D eigenvalue weighted by Gasteiger charge is 2.13. The first-order valence-corrected chi connectivity index (χ1v) is 10.1. The summed E-state index contributed by atoms with van der Waals surface area (Å²) in [7, 11) is 1.49. The van der Waals surface area contributed by atoms with Crippen LogP contribution in [0.5, 0.6) is 11.5 Å². The summed E-state index contributed by atoms with van der Waals surface area (Å²) in [5, 5.41) is 13.6. The Morgan fingerprint density at radius 2 is 1.87 bits per heavy atom. The van der Waals surface area contributed by atoms with E-state index in [0.29, 0.717) is 45.7 Å². The van der Waals surface area contributed by atoms with Crippen molar-refractivity contribution in [3.05, 3.63) is 58.1 Å². The van der Waals surface area contributed by atoms with Gasteiger partial charge in [-0.1, -0.05) is 37.6 Å². The van der Waals surface area contributed by atoms with Crippen LogP contribution in [-0.2, 0) is 11.3 Å². The number of ether oxygens (including phenoxy) is 2. The monoisotopic (exact) mass is 446 g/mol. The number of hydrogen-bond acceptors (Lipinski definition) is 5. The van der Waals surface area contributed by atoms with Crippen LogP contribution in [0.25, 0.3) is 0 Å². The fourth-order valence-electron chi connectivity index (χ4n) is 2.60. The number of methoxy groups -OCH3 is 1. The Labute approximate surface area is 186 Å². The van der Waals surface area contributed by atoms with Gasteiger partial charge in [0, 0.05) is 34.8 Å². The van der Waals surface area contributed by atoms with E-state index in [1.54, 1.807) is 30.3 Å². The smallest absolute Gasteiger partial charge is 0.257 e. The molecule has 2 aromatic carbocycles. The van der Waals surface area contributed by atoms with Crippen molar-refractivity contribution < 1.29 is 19.1 Å². The molecule has 31 heavy (non-hydrogen) atoms. The number of nitrogen functional groups attached to an aromatic ring is 1. The van der Waals surface area contributed by atoms with Gasteiger partial charge < -0.3 is 25.8 Å². The number of amidine groups is 1. The maximum Gasteiger partial charge on any atom is 0.257 e. The lowest BCUT2D eigenvalue weighted by molar-refractivity contribution is -0.123. The summed E-state index contributed by atoms with van der Waals surface area (Å²) in [6.07, 6.45) is 0. The molecule has 2 rings (SSSR count). The first-order valence-electron chi connectivity index (χ1n) is 9.69. The zero-order chi connectivity index (χ0) is 23.0. The quantitative estimate of drug-likeness (QED) is 0.329. The third kappa shape index (κ3) is 7.49. The highest BCUT2D eigenvalue weighted by atomic mass is 35.5. The van der Waals surface area contributed by atoms with Gasteiger partial charge in [0.25, 0.3) is 11.8 Å². The normalized spacial score (nSPS) is 10.5. The van der Waals surface area contributed by atoms with Gasteiger partial charge in [-0.25, -0.2) is 0 Å². The predicted octanol–water partition coefficient (Wildman–Crippen LogP) is 2.71. The van der Waals surface area contributed by atoms with Gasteiger partial charge in [-0.3, -0.25) is 15.0 Å². The Morgan fingerprint density at radius 3 is 2.52 bits per heavy atom. The van der Waals surface area contributed by atoms with Gasteiger partial charge in [-0.05, 0) is 30.2 Å². The number of nitrogens with two attached hydrogens (primary N) is 1. The summed E-state index contributed by atoms with van der Waals surface area (Å²) in [5.74, 6) is 0.410. The largest absolute Gasteiger partial charge is 0.497 e. The lowest BCUT2D eigenvalue weighted by atomic mass is 10.1. The molecule has 0 saturated carbocycles. The van der Waals surface area contributed by atoms with E-state index < -0.39 is 0 Å². The van der Waals surface area contributed by atoms with Gasteiger partial charge in [0.1, 0.15) is 17.3 Å². The van der Waals surface area contributed by atoms with E-state index in [-0.39, 0.29) is 30.8 Å². The summed E-state index contributed by atoms with van der Waals surface area (Å²) in [5.41, 5.74) is 6.99. The number of amides is 2. The molecule has 0 unspecified atom stereocenters. The minimum absolute atomic E-state index is 0.129. The number of nitrogens with one attached hydrogen (secondary N) is 3. The van der Waals surface area contributed by atoms with Crippen molar-refractivity contribution in [2.75, 3.05) is 20.3 Å². The van der Waals surface area contributed by atoms with E-state index in [9.17, 15) is 9.59 Å². The highest BCUT2D eigenvalue weighted by molar-refractivity contribution is 6.31. The lowest BCUT2D eigenvalue weighted by Crippen LogP contribution is -2.32. The maximum absolute atomic E-state index is 12.6. The van der Waals surface area contributed by atoms with Crippen molar-refractivity contribution in [1.29, 1.82) is 5.41 Å². The van der Waals surface area contributed by atoms with E-state index in [1.165, 1.54) is 13.2 Å². The van der Waals surface area contributed by atoms with Gasteiger partial charge in [0.15, 0.2) is 6.61 Å². The van der Waals surface area contributed by atoms with Gasteiger partial charge in [0.2, 0.25) is 0 Å². The Morgan fingerprint density at radius 1 is 1.13 bits per heavy atom. The maximum atomic E-state index is 12.6. The van der Waals surface area contributed by atoms with Gasteiger partial charge >= 0.3 is 0 Å². The van der Waals surface area contributed by atoms with E-state index in [1.807, 2.05) is 13.8 Å². The second-order valence-corrected chi connectivity index (χ2v) is 7.72. The van der Waals surface area contributed by atoms with E-state index in [4.69, 9.17) is 32.2 Å². The van der Waals surface area contributed by atoms with Crippen LogP contribution in [0.2, 0.25) is 5.02 Å². The van der Waals surface area contributed by atoms with Gasteiger partial charge in [0.05, 0.1) is 7.11 Å². The Bertz CT molecular complexity index is 963. The summed E-state index contributed by atoms with van der Waals surface area (Å²) in [6.45, 7) is 4.47. The number of hydrogen-bond donors (Lipinski definition) is 4. The summed E-state index contributed by atoms with van der Waals surface area (Å²) in [4.78, 5) is 24.6. The fourth-order valence-corrected chi connectivity index (χ4v) is 2.83. The molecule has 0 aromatic heterocycles. The standard InChI is InChI=1S/C22H27ClN4O4/c1-13(2)10-26-20(28)12-31-19-8-14(21(24)25)4-5-15(19)11-27-22(29)16-6-17(23)9-18(7-16)30-3/h4-9,13H,10-12H2,1-3H3,(H3,24,25)(H,26,28)(H,27,29). The summed E-state index contributed by atoms with van der Waals surface area (Å²) in [6, 6.07) is 9.64. The molecule has 0 bridgehead atoms. The topological polar surface area (TPSA) is 127 Å². The van der Waals surface area contributed by atoms with Gasteiger partial charge in [-0.2, -0.15) is 0 Å². The molecule has 2 amide bonds. The zero-order valence-electron chi connectivity index (χ0n) is 17.8. The van der Waals surface area contributed by atoms with Crippen LogP contribution in [0.3, 0.4) is 0 Å². The second kappa shape index (κ2) is 11.2. The first kappa shape index (κ1) is 24.0. The molecule has 8 nitrogen and oxygen atoms in total. The third-order valence-corrected chi connectivity index (χ3v) is 4.47. The van der Waals surface area contributed by atoms with Gasteiger partial charge in [-0.15, -0.1) is 0 Å². The molecule has 5 N–H and O–H groups in total. The van der Waals surface area contributed by atoms with Crippen LogP contribution in [0.15, 0.2) is 36.4 Å². The number of carbonyl (C=O) groups excluding carboxylic acids is 2. The van der Waals surface area contributed by atoms with Crippen LogP contribution in [0.1, 0.15) is 35.3 Å². The predicted molar refractivity (Wildman–Crippen MR) is 120 cm³/mol. The number of halogens is 1. The number of carbonyl (C=O) groups is 2. The molecule has 0 atom stereocenters. The van der Waals surface area contributed by atoms with E-state index >= 15 is 0 Å². The molecule has 166 valence electrons. The van der Waals surface area contributed by atoms with Crippen LogP contribution < -0.4 is 25.8 Å². The zero-order valence-corrected chi connectivity index (χ0v) is 18.5. The molecule has 9 heteroatoms. The van der Waals surface area contributed by atoms with Crippen molar-refractivity contribution in [2.45, 2.75) is 20.4 Å². The number of rotatable bonds is 10.